The van der Waals surface area contributed by atoms with Gasteiger partial charge in [-0.1, -0.05) is 0 Å². The van der Waals surface area contributed by atoms with Gasteiger partial charge in [0.05, 0.1) is 0 Å². The number of carbonyl (C=O) groups is 1. The van der Waals surface area contributed by atoms with Crippen LogP contribution in [0, 0.1) is 10.1 Å². The number of carboxylic acids is 1. The van der Waals surface area contributed by atoms with E-state index in [1.54, 1.807) is 0 Å². The van der Waals surface area contributed by atoms with Crippen molar-refractivity contribution in [1.82, 2.24) is 4.98 Å². The molecule has 11 heteroatoms. The molecule has 0 saturated heterocycles. The van der Waals surface area contributed by atoms with Crippen molar-refractivity contribution >= 4 is 23.4 Å². The van der Waals surface area contributed by atoms with Crippen molar-refractivity contribution in [2.45, 2.75) is 19.2 Å². The molecule has 1 heterocycles. The van der Waals surface area contributed by atoms with Crippen molar-refractivity contribution < 1.29 is 32.7 Å². The fourth-order valence-electron chi connectivity index (χ4n) is 1.17. The first kappa shape index (κ1) is 16.0. The maximum Gasteiger partial charge on any atom is 0.420 e. The Hall–Kier alpha value is -2.10. The summed E-state index contributed by atoms with van der Waals surface area (Å²) in [6, 6.07) is 0.318. The fourth-order valence-corrected chi connectivity index (χ4v) is 1.36. The summed E-state index contributed by atoms with van der Waals surface area (Å²) in [5.41, 5.74) is -1.57. The molecule has 0 saturated carbocycles. The van der Waals surface area contributed by atoms with Crippen molar-refractivity contribution in [2.75, 3.05) is 0 Å². The van der Waals surface area contributed by atoms with Gasteiger partial charge in [-0.15, -0.1) is 0 Å². The molecular formula is C9H6ClF3N2O5. The SMILES string of the molecule is C[C@@H](Oc1c(C(F)(F)F)cc(Cl)nc1[N+](=O)[O-])C(=O)O. The fraction of sp³-hybridized carbons (Fsp3) is 0.333. The molecule has 0 amide bonds. The number of aromatic nitrogens is 1. The molecule has 0 aliphatic carbocycles. The van der Waals surface area contributed by atoms with Gasteiger partial charge in [0.25, 0.3) is 0 Å². The monoisotopic (exact) mass is 314 g/mol. The molecule has 1 rings (SSSR count). The highest BCUT2D eigenvalue weighted by Crippen LogP contribution is 2.42. The Kier molecular flexibility index (Phi) is 4.38. The van der Waals surface area contributed by atoms with Crippen LogP contribution in [0.25, 0.3) is 0 Å². The van der Waals surface area contributed by atoms with Crippen LogP contribution in [0.1, 0.15) is 12.5 Å². The highest BCUT2D eigenvalue weighted by molar-refractivity contribution is 6.29. The summed E-state index contributed by atoms with van der Waals surface area (Å²) < 4.78 is 42.9. The minimum absolute atomic E-state index is 0.318. The summed E-state index contributed by atoms with van der Waals surface area (Å²) in [6.07, 6.45) is -6.76. The molecule has 0 fully saturated rings. The molecule has 7 nitrogen and oxygen atoms in total. The number of hydrogen-bond donors (Lipinski definition) is 1. The van der Waals surface area contributed by atoms with Gasteiger partial charge in [-0.3, -0.25) is 0 Å². The van der Waals surface area contributed by atoms with E-state index in [9.17, 15) is 28.1 Å². The first-order valence-electron chi connectivity index (χ1n) is 4.85. The largest absolute Gasteiger partial charge is 0.479 e. The lowest BCUT2D eigenvalue weighted by Crippen LogP contribution is -2.25. The van der Waals surface area contributed by atoms with Gasteiger partial charge in [0.2, 0.25) is 10.9 Å². The van der Waals surface area contributed by atoms with Gasteiger partial charge in [0.15, 0.2) is 6.10 Å². The summed E-state index contributed by atoms with van der Waals surface area (Å²) in [4.78, 5) is 23.1. The Morgan fingerprint density at radius 2 is 2.15 bits per heavy atom. The van der Waals surface area contributed by atoms with Crippen molar-refractivity contribution in [3.8, 4) is 5.75 Å². The van der Waals surface area contributed by atoms with E-state index in [0.29, 0.717) is 6.07 Å². The predicted octanol–water partition coefficient (Wildman–Crippen LogP) is 2.51. The summed E-state index contributed by atoms with van der Waals surface area (Å²) >= 11 is 5.28. The average Bonchev–Trinajstić information content (AvgIpc) is 2.28. The zero-order chi connectivity index (χ0) is 15.7. The number of nitro groups is 1. The number of halogens is 4. The Morgan fingerprint density at radius 3 is 2.55 bits per heavy atom. The third kappa shape index (κ3) is 3.47. The van der Waals surface area contributed by atoms with E-state index in [2.05, 4.69) is 9.72 Å². The standard InChI is InChI=1S/C9H6ClF3N2O5/c1-3(8(16)17)20-6-4(9(11,12)13)2-5(10)14-7(6)15(18)19/h2-3H,1H3,(H,16,17)/t3-/m1/s1. The number of aliphatic carboxylic acids is 1. The van der Waals surface area contributed by atoms with E-state index in [0.717, 1.165) is 6.92 Å². The zero-order valence-electron chi connectivity index (χ0n) is 9.64. The molecule has 0 aliphatic heterocycles. The van der Waals surface area contributed by atoms with Gasteiger partial charge in [-0.2, -0.15) is 13.2 Å². The van der Waals surface area contributed by atoms with Crippen molar-refractivity contribution in [3.05, 3.63) is 26.9 Å². The van der Waals surface area contributed by atoms with Gasteiger partial charge in [0, 0.05) is 6.07 Å². The molecule has 0 aliphatic rings. The average molecular weight is 315 g/mol. The molecule has 0 unspecified atom stereocenters. The quantitative estimate of drug-likeness (QED) is 0.520. The lowest BCUT2D eigenvalue weighted by molar-refractivity contribution is -0.390. The van der Waals surface area contributed by atoms with Crippen LogP contribution in [0.15, 0.2) is 6.07 Å². The van der Waals surface area contributed by atoms with E-state index in [1.165, 1.54) is 0 Å². The van der Waals surface area contributed by atoms with Gasteiger partial charge in [-0.05, 0) is 28.4 Å². The minimum Gasteiger partial charge on any atom is -0.479 e. The molecule has 110 valence electrons. The Bertz CT molecular complexity index is 563. The first-order chi connectivity index (χ1) is 9.04. The number of ether oxygens (including phenoxy) is 1. The smallest absolute Gasteiger partial charge is 0.420 e. The first-order valence-corrected chi connectivity index (χ1v) is 5.23. The summed E-state index contributed by atoms with van der Waals surface area (Å²) in [5, 5.41) is 18.5. The summed E-state index contributed by atoms with van der Waals surface area (Å²) in [6.45, 7) is 0.917. The van der Waals surface area contributed by atoms with Crippen LogP contribution in [-0.2, 0) is 11.0 Å². The normalized spacial score (nSPS) is 12.8. The number of alkyl halides is 3. The van der Waals surface area contributed by atoms with E-state index in [1.807, 2.05) is 0 Å². The maximum atomic E-state index is 12.8. The molecule has 0 bridgehead atoms. The molecule has 1 aromatic heterocycles. The molecule has 0 aromatic carbocycles. The lowest BCUT2D eigenvalue weighted by atomic mass is 10.2. The number of carboxylic acid groups (broad SMARTS) is 1. The van der Waals surface area contributed by atoms with Crippen LogP contribution in [0.5, 0.6) is 5.75 Å². The second-order valence-electron chi connectivity index (χ2n) is 3.50. The van der Waals surface area contributed by atoms with Crippen LogP contribution in [0.4, 0.5) is 19.0 Å². The second-order valence-corrected chi connectivity index (χ2v) is 3.89. The molecule has 20 heavy (non-hydrogen) atoms. The van der Waals surface area contributed by atoms with Crippen LogP contribution in [0.2, 0.25) is 5.15 Å². The molecule has 0 spiro atoms. The Balaban J connectivity index is 3.50. The Morgan fingerprint density at radius 1 is 1.60 bits per heavy atom. The van der Waals surface area contributed by atoms with Gasteiger partial charge >= 0.3 is 18.0 Å². The van der Waals surface area contributed by atoms with E-state index in [4.69, 9.17) is 16.7 Å². The van der Waals surface area contributed by atoms with Gasteiger partial charge < -0.3 is 20.0 Å². The van der Waals surface area contributed by atoms with Crippen molar-refractivity contribution in [1.29, 1.82) is 0 Å². The third-order valence-electron chi connectivity index (χ3n) is 2.04. The second kappa shape index (κ2) is 5.49. The van der Waals surface area contributed by atoms with Gasteiger partial charge in [-0.25, -0.2) is 4.79 Å². The van der Waals surface area contributed by atoms with Crippen molar-refractivity contribution in [3.63, 3.8) is 0 Å². The highest BCUT2D eigenvalue weighted by Gasteiger charge is 2.41. The zero-order valence-corrected chi connectivity index (χ0v) is 10.4. The predicted molar refractivity (Wildman–Crippen MR) is 58.6 cm³/mol. The number of rotatable bonds is 4. The molecular weight excluding hydrogens is 309 g/mol. The molecule has 1 N–H and O–H groups in total. The van der Waals surface area contributed by atoms with Crippen LogP contribution in [-0.4, -0.2) is 27.1 Å². The van der Waals surface area contributed by atoms with E-state index < -0.39 is 45.5 Å². The van der Waals surface area contributed by atoms with E-state index >= 15 is 0 Å². The minimum atomic E-state index is -5.02. The number of pyridine rings is 1. The lowest BCUT2D eigenvalue weighted by Gasteiger charge is -2.15. The molecule has 1 aromatic rings. The van der Waals surface area contributed by atoms with Gasteiger partial charge in [0.1, 0.15) is 5.56 Å². The number of nitrogens with zero attached hydrogens (tertiary/aromatic N) is 2. The van der Waals surface area contributed by atoms with Crippen LogP contribution < -0.4 is 4.74 Å². The van der Waals surface area contributed by atoms with Crippen molar-refractivity contribution in [2.24, 2.45) is 0 Å². The summed E-state index contributed by atoms with van der Waals surface area (Å²) in [5.74, 6) is -4.19. The molecule has 0 radical (unpaired) electrons. The molecule has 1 atom stereocenters. The van der Waals surface area contributed by atoms with E-state index in [-0.39, 0.29) is 0 Å². The highest BCUT2D eigenvalue weighted by atomic mass is 35.5. The summed E-state index contributed by atoms with van der Waals surface area (Å²) in [7, 11) is 0. The van der Waals surface area contributed by atoms with Crippen LogP contribution in [0.3, 0.4) is 0 Å². The third-order valence-corrected chi connectivity index (χ3v) is 2.24. The Labute approximate surface area is 114 Å². The van der Waals surface area contributed by atoms with Crippen LogP contribution >= 0.6 is 11.6 Å². The number of hydrogen-bond acceptors (Lipinski definition) is 5. The maximum absolute atomic E-state index is 12.8. The topological polar surface area (TPSA) is 103 Å².